The number of hydrogen-bond donors (Lipinski definition) is 2. The minimum absolute atomic E-state index is 0.722. The predicted molar refractivity (Wildman–Crippen MR) is 116 cm³/mol. The zero-order chi connectivity index (χ0) is 19.9. The number of aromatic nitrogens is 2. The summed E-state index contributed by atoms with van der Waals surface area (Å²) >= 11 is 0. The van der Waals surface area contributed by atoms with Crippen LogP contribution >= 0.6 is 0 Å². The fourth-order valence-corrected chi connectivity index (χ4v) is 3.03. The molecule has 0 aliphatic carbocycles. The number of rotatable bonds is 8. The highest BCUT2D eigenvalue weighted by Crippen LogP contribution is 2.26. The van der Waals surface area contributed by atoms with Gasteiger partial charge in [-0.2, -0.15) is 0 Å². The summed E-state index contributed by atoms with van der Waals surface area (Å²) in [5.74, 6) is 2.28. The quantitative estimate of drug-likeness (QED) is 0.568. The molecule has 28 heavy (non-hydrogen) atoms. The first-order valence-electron chi connectivity index (χ1n) is 9.48. The summed E-state index contributed by atoms with van der Waals surface area (Å²) in [4.78, 5) is 11.0. The summed E-state index contributed by atoms with van der Waals surface area (Å²) in [7, 11) is 1.65. The predicted octanol–water partition coefficient (Wildman–Crippen LogP) is 5.13. The third-order valence-corrected chi connectivity index (χ3v) is 4.63. The highest BCUT2D eigenvalue weighted by Gasteiger charge is 2.07. The molecule has 1 aromatic heterocycles. The van der Waals surface area contributed by atoms with E-state index in [2.05, 4.69) is 64.5 Å². The summed E-state index contributed by atoms with van der Waals surface area (Å²) in [6.07, 6.45) is 1.55. The lowest BCUT2D eigenvalue weighted by Crippen LogP contribution is -2.21. The zero-order valence-corrected chi connectivity index (χ0v) is 16.9. The van der Waals surface area contributed by atoms with Crippen LogP contribution in [0, 0.1) is 6.92 Å². The van der Waals surface area contributed by atoms with E-state index in [9.17, 15) is 0 Å². The maximum atomic E-state index is 5.19. The summed E-state index contributed by atoms with van der Waals surface area (Å²) in [6, 6.07) is 16.0. The van der Waals surface area contributed by atoms with Crippen LogP contribution in [0.4, 0.5) is 28.7 Å². The Hall–Kier alpha value is -3.28. The molecule has 3 aromatic rings. The Balaban J connectivity index is 1.73. The van der Waals surface area contributed by atoms with E-state index in [4.69, 9.17) is 4.74 Å². The molecule has 0 saturated carbocycles. The molecule has 0 fully saturated rings. The van der Waals surface area contributed by atoms with Gasteiger partial charge in [-0.3, -0.25) is 0 Å². The highest BCUT2D eigenvalue weighted by molar-refractivity contribution is 5.67. The SMILES string of the molecule is CCN(CC)c1ccc(Nc2cc(Nc3ccc(OC)cc3)ncn2)c(C)c1. The fourth-order valence-electron chi connectivity index (χ4n) is 3.03. The van der Waals surface area contributed by atoms with Gasteiger partial charge in [-0.25, -0.2) is 9.97 Å². The molecule has 2 aromatic carbocycles. The second-order valence-corrected chi connectivity index (χ2v) is 6.44. The van der Waals surface area contributed by atoms with Crippen molar-refractivity contribution in [1.82, 2.24) is 9.97 Å². The zero-order valence-electron chi connectivity index (χ0n) is 16.9. The number of aryl methyl sites for hydroxylation is 1. The molecule has 0 radical (unpaired) electrons. The van der Waals surface area contributed by atoms with Crippen LogP contribution in [-0.2, 0) is 0 Å². The minimum atomic E-state index is 0.722. The Morgan fingerprint density at radius 3 is 2.18 bits per heavy atom. The first-order chi connectivity index (χ1) is 13.6. The van der Waals surface area contributed by atoms with Gasteiger partial charge >= 0.3 is 0 Å². The van der Waals surface area contributed by atoms with Crippen LogP contribution in [0.5, 0.6) is 5.75 Å². The van der Waals surface area contributed by atoms with E-state index in [-0.39, 0.29) is 0 Å². The van der Waals surface area contributed by atoms with Crippen LogP contribution in [0.3, 0.4) is 0 Å². The van der Waals surface area contributed by atoms with Crippen molar-refractivity contribution >= 4 is 28.7 Å². The molecule has 0 bridgehead atoms. The summed E-state index contributed by atoms with van der Waals surface area (Å²) < 4.78 is 5.19. The van der Waals surface area contributed by atoms with E-state index in [0.717, 1.165) is 41.8 Å². The molecule has 6 heteroatoms. The summed E-state index contributed by atoms with van der Waals surface area (Å²) in [5, 5.41) is 6.67. The van der Waals surface area contributed by atoms with Gasteiger partial charge in [0.1, 0.15) is 23.7 Å². The van der Waals surface area contributed by atoms with E-state index >= 15 is 0 Å². The van der Waals surface area contributed by atoms with Crippen molar-refractivity contribution in [2.75, 3.05) is 35.7 Å². The number of nitrogens with one attached hydrogen (secondary N) is 2. The standard InChI is InChI=1S/C22H27N5O/c1-5-27(6-2)18-9-12-20(16(3)13-18)26-22-14-21(23-15-24-22)25-17-7-10-19(28-4)11-8-17/h7-15H,5-6H2,1-4H3,(H2,23,24,25,26). The monoisotopic (exact) mass is 377 g/mol. The fraction of sp³-hybridized carbons (Fsp3) is 0.273. The number of methoxy groups -OCH3 is 1. The molecular weight excluding hydrogens is 350 g/mol. The van der Waals surface area contributed by atoms with E-state index in [1.54, 1.807) is 13.4 Å². The van der Waals surface area contributed by atoms with Gasteiger partial charge in [-0.1, -0.05) is 0 Å². The Bertz CT molecular complexity index is 907. The molecular formula is C22H27N5O. The van der Waals surface area contributed by atoms with Crippen molar-refractivity contribution in [3.05, 3.63) is 60.4 Å². The maximum Gasteiger partial charge on any atom is 0.135 e. The van der Waals surface area contributed by atoms with Crippen LogP contribution < -0.4 is 20.3 Å². The molecule has 2 N–H and O–H groups in total. The normalized spacial score (nSPS) is 10.4. The molecule has 0 aliphatic rings. The number of ether oxygens (including phenoxy) is 1. The molecule has 0 unspecified atom stereocenters. The molecule has 3 rings (SSSR count). The smallest absolute Gasteiger partial charge is 0.135 e. The molecule has 0 atom stereocenters. The van der Waals surface area contributed by atoms with Gasteiger partial charge in [0.2, 0.25) is 0 Å². The molecule has 1 heterocycles. The highest BCUT2D eigenvalue weighted by atomic mass is 16.5. The number of nitrogens with zero attached hydrogens (tertiary/aromatic N) is 3. The van der Waals surface area contributed by atoms with Crippen LogP contribution in [-0.4, -0.2) is 30.2 Å². The van der Waals surface area contributed by atoms with Crippen LogP contribution in [0.1, 0.15) is 19.4 Å². The van der Waals surface area contributed by atoms with Crippen molar-refractivity contribution in [3.63, 3.8) is 0 Å². The van der Waals surface area contributed by atoms with Gasteiger partial charge in [-0.15, -0.1) is 0 Å². The molecule has 0 saturated heterocycles. The topological polar surface area (TPSA) is 62.3 Å². The van der Waals surface area contributed by atoms with Gasteiger partial charge < -0.3 is 20.3 Å². The largest absolute Gasteiger partial charge is 0.497 e. The van der Waals surface area contributed by atoms with E-state index in [1.165, 1.54) is 11.3 Å². The van der Waals surface area contributed by atoms with Crippen molar-refractivity contribution in [1.29, 1.82) is 0 Å². The van der Waals surface area contributed by atoms with Gasteiger partial charge in [-0.05, 0) is 68.8 Å². The third-order valence-electron chi connectivity index (χ3n) is 4.63. The lowest BCUT2D eigenvalue weighted by atomic mass is 10.1. The summed E-state index contributed by atoms with van der Waals surface area (Å²) in [5.41, 5.74) is 4.38. The van der Waals surface area contributed by atoms with Crippen molar-refractivity contribution in [3.8, 4) is 5.75 Å². The van der Waals surface area contributed by atoms with E-state index < -0.39 is 0 Å². The Morgan fingerprint density at radius 1 is 0.893 bits per heavy atom. The maximum absolute atomic E-state index is 5.19. The van der Waals surface area contributed by atoms with Crippen LogP contribution in [0.2, 0.25) is 0 Å². The van der Waals surface area contributed by atoms with E-state index in [1.807, 2.05) is 30.3 Å². The van der Waals surface area contributed by atoms with Gasteiger partial charge in [0.15, 0.2) is 0 Å². The first-order valence-corrected chi connectivity index (χ1v) is 9.48. The third kappa shape index (κ3) is 4.71. The first kappa shape index (κ1) is 19.5. The lowest BCUT2D eigenvalue weighted by molar-refractivity contribution is 0.415. The number of hydrogen-bond acceptors (Lipinski definition) is 6. The molecule has 0 spiro atoms. The van der Waals surface area contributed by atoms with Crippen molar-refractivity contribution in [2.45, 2.75) is 20.8 Å². The summed E-state index contributed by atoms with van der Waals surface area (Å²) in [6.45, 7) is 8.43. The Morgan fingerprint density at radius 2 is 1.57 bits per heavy atom. The molecule has 0 aliphatic heterocycles. The average molecular weight is 377 g/mol. The second-order valence-electron chi connectivity index (χ2n) is 6.44. The number of anilines is 5. The van der Waals surface area contributed by atoms with Crippen molar-refractivity contribution < 1.29 is 4.74 Å². The van der Waals surface area contributed by atoms with Crippen LogP contribution in [0.25, 0.3) is 0 Å². The molecule has 6 nitrogen and oxygen atoms in total. The minimum Gasteiger partial charge on any atom is -0.497 e. The van der Waals surface area contributed by atoms with Crippen LogP contribution in [0.15, 0.2) is 54.9 Å². The van der Waals surface area contributed by atoms with Gasteiger partial charge in [0, 0.05) is 36.2 Å². The molecule has 146 valence electrons. The van der Waals surface area contributed by atoms with Gasteiger partial charge in [0.05, 0.1) is 7.11 Å². The van der Waals surface area contributed by atoms with E-state index in [0.29, 0.717) is 0 Å². The second kappa shape index (κ2) is 9.08. The lowest BCUT2D eigenvalue weighted by Gasteiger charge is -2.22. The Labute approximate surface area is 166 Å². The average Bonchev–Trinajstić information content (AvgIpc) is 2.72. The molecule has 0 amide bonds. The number of benzene rings is 2. The Kier molecular flexibility index (Phi) is 6.32. The van der Waals surface area contributed by atoms with Gasteiger partial charge in [0.25, 0.3) is 0 Å². The van der Waals surface area contributed by atoms with Crippen molar-refractivity contribution in [2.24, 2.45) is 0 Å².